The molecular weight excluding hydrogens is 262 g/mol. The molecular formula is C17H23N3O. The number of rotatable bonds is 4. The molecule has 2 fully saturated rings. The van der Waals surface area contributed by atoms with Gasteiger partial charge in [-0.2, -0.15) is 0 Å². The van der Waals surface area contributed by atoms with Crippen molar-refractivity contribution in [3.05, 3.63) is 35.9 Å². The summed E-state index contributed by atoms with van der Waals surface area (Å²) in [6.07, 6.45) is 6.31. The number of hydrogen-bond donors (Lipinski definition) is 1. The molecule has 1 saturated carbocycles. The first-order chi connectivity index (χ1) is 10.2. The quantitative estimate of drug-likeness (QED) is 0.678. The molecule has 0 unspecified atom stereocenters. The van der Waals surface area contributed by atoms with Crippen molar-refractivity contribution in [3.63, 3.8) is 0 Å². The number of carbonyl (C=O) groups excluding carboxylic acids is 1. The summed E-state index contributed by atoms with van der Waals surface area (Å²) in [6, 6.07) is 7.54. The molecule has 1 aliphatic heterocycles. The lowest BCUT2D eigenvalue weighted by Gasteiger charge is -2.34. The van der Waals surface area contributed by atoms with E-state index in [1.54, 1.807) is 6.08 Å². The van der Waals surface area contributed by atoms with E-state index >= 15 is 0 Å². The number of nitrogens with two attached hydrogens (primary N) is 1. The van der Waals surface area contributed by atoms with E-state index in [0.29, 0.717) is 0 Å². The molecule has 2 aliphatic rings. The zero-order valence-electron chi connectivity index (χ0n) is 12.4. The van der Waals surface area contributed by atoms with Crippen LogP contribution < -0.4 is 5.73 Å². The van der Waals surface area contributed by atoms with E-state index in [0.717, 1.165) is 43.3 Å². The Balaban J connectivity index is 1.48. The second-order valence-corrected chi connectivity index (χ2v) is 6.07. The normalized spacial score (nSPS) is 20.1. The van der Waals surface area contributed by atoms with Crippen molar-refractivity contribution >= 4 is 17.7 Å². The largest absolute Gasteiger partial charge is 0.399 e. The molecule has 0 atom stereocenters. The summed E-state index contributed by atoms with van der Waals surface area (Å²) >= 11 is 0. The van der Waals surface area contributed by atoms with E-state index in [1.165, 1.54) is 19.4 Å². The van der Waals surface area contributed by atoms with Gasteiger partial charge in [0, 0.05) is 44.5 Å². The first kappa shape index (κ1) is 14.1. The molecule has 0 radical (unpaired) electrons. The molecule has 0 aromatic heterocycles. The van der Waals surface area contributed by atoms with Gasteiger partial charge in [-0.25, -0.2) is 0 Å². The fourth-order valence-corrected chi connectivity index (χ4v) is 2.70. The van der Waals surface area contributed by atoms with E-state index in [2.05, 4.69) is 4.90 Å². The van der Waals surface area contributed by atoms with E-state index in [9.17, 15) is 4.79 Å². The van der Waals surface area contributed by atoms with Crippen molar-refractivity contribution in [1.29, 1.82) is 0 Å². The number of piperazine rings is 1. The van der Waals surface area contributed by atoms with Crippen LogP contribution in [-0.4, -0.2) is 48.4 Å². The minimum atomic E-state index is 0.109. The van der Waals surface area contributed by atoms with Crippen LogP contribution in [0.25, 0.3) is 6.08 Å². The summed E-state index contributed by atoms with van der Waals surface area (Å²) < 4.78 is 0. The van der Waals surface area contributed by atoms with Crippen molar-refractivity contribution < 1.29 is 4.79 Å². The molecule has 0 bridgehead atoms. The molecule has 3 rings (SSSR count). The van der Waals surface area contributed by atoms with E-state index in [1.807, 2.05) is 35.2 Å². The SMILES string of the molecule is Nc1ccc(/C=C/C(=O)N2CCN(CC3CC3)CC2)cc1. The van der Waals surface area contributed by atoms with Gasteiger partial charge < -0.3 is 10.6 Å². The fraction of sp³-hybridized carbons (Fsp3) is 0.471. The summed E-state index contributed by atoms with van der Waals surface area (Å²) in [5.41, 5.74) is 7.39. The highest BCUT2D eigenvalue weighted by atomic mass is 16.2. The van der Waals surface area contributed by atoms with Crippen LogP contribution in [0.15, 0.2) is 30.3 Å². The van der Waals surface area contributed by atoms with Crippen molar-refractivity contribution in [2.24, 2.45) is 5.92 Å². The van der Waals surface area contributed by atoms with Crippen LogP contribution in [0, 0.1) is 5.92 Å². The number of carbonyl (C=O) groups is 1. The van der Waals surface area contributed by atoms with Crippen molar-refractivity contribution in [2.75, 3.05) is 38.5 Å². The minimum Gasteiger partial charge on any atom is -0.399 e. The molecule has 112 valence electrons. The Morgan fingerprint density at radius 1 is 1.14 bits per heavy atom. The minimum absolute atomic E-state index is 0.109. The average molecular weight is 285 g/mol. The maximum atomic E-state index is 12.2. The number of hydrogen-bond acceptors (Lipinski definition) is 3. The predicted molar refractivity (Wildman–Crippen MR) is 85.6 cm³/mol. The smallest absolute Gasteiger partial charge is 0.246 e. The summed E-state index contributed by atoms with van der Waals surface area (Å²) in [6.45, 7) is 4.94. The van der Waals surface area contributed by atoms with Gasteiger partial charge >= 0.3 is 0 Å². The molecule has 21 heavy (non-hydrogen) atoms. The van der Waals surface area contributed by atoms with Crippen LogP contribution in [-0.2, 0) is 4.79 Å². The van der Waals surface area contributed by atoms with Gasteiger partial charge in [-0.3, -0.25) is 9.69 Å². The summed E-state index contributed by atoms with van der Waals surface area (Å²) in [5.74, 6) is 1.04. The molecule has 1 saturated heterocycles. The molecule has 1 aliphatic carbocycles. The lowest BCUT2D eigenvalue weighted by molar-refractivity contribution is -0.127. The average Bonchev–Trinajstić information content (AvgIpc) is 3.31. The Bertz CT molecular complexity index is 511. The molecule has 4 nitrogen and oxygen atoms in total. The lowest BCUT2D eigenvalue weighted by atomic mass is 10.2. The maximum absolute atomic E-state index is 12.2. The third kappa shape index (κ3) is 4.08. The fourth-order valence-electron chi connectivity index (χ4n) is 2.70. The molecule has 4 heteroatoms. The van der Waals surface area contributed by atoms with Crippen molar-refractivity contribution in [2.45, 2.75) is 12.8 Å². The van der Waals surface area contributed by atoms with Gasteiger partial charge in [0.05, 0.1) is 0 Å². The highest BCUT2D eigenvalue weighted by molar-refractivity contribution is 5.91. The van der Waals surface area contributed by atoms with E-state index in [4.69, 9.17) is 5.73 Å². The van der Waals surface area contributed by atoms with Crippen LogP contribution in [0.1, 0.15) is 18.4 Å². The van der Waals surface area contributed by atoms with Crippen molar-refractivity contribution in [1.82, 2.24) is 9.80 Å². The van der Waals surface area contributed by atoms with E-state index < -0.39 is 0 Å². The zero-order valence-corrected chi connectivity index (χ0v) is 12.4. The summed E-state index contributed by atoms with van der Waals surface area (Å²) in [7, 11) is 0. The third-order valence-corrected chi connectivity index (χ3v) is 4.25. The number of amides is 1. The number of benzene rings is 1. The third-order valence-electron chi connectivity index (χ3n) is 4.25. The lowest BCUT2D eigenvalue weighted by Crippen LogP contribution is -2.48. The van der Waals surface area contributed by atoms with Gasteiger partial charge in [-0.05, 0) is 42.5 Å². The molecule has 2 N–H and O–H groups in total. The Hall–Kier alpha value is -1.81. The van der Waals surface area contributed by atoms with Gasteiger partial charge in [0.25, 0.3) is 0 Å². The topological polar surface area (TPSA) is 49.6 Å². The number of nitrogens with zero attached hydrogens (tertiary/aromatic N) is 2. The van der Waals surface area contributed by atoms with Gasteiger partial charge in [-0.15, -0.1) is 0 Å². The van der Waals surface area contributed by atoms with Gasteiger partial charge in [0.15, 0.2) is 0 Å². The second kappa shape index (κ2) is 6.31. The molecule has 1 aromatic rings. The standard InChI is InChI=1S/C17H23N3O/c18-16-6-3-14(4-7-16)5-8-17(21)20-11-9-19(10-12-20)13-15-1-2-15/h3-8,15H,1-2,9-13,18H2/b8-5+. The monoisotopic (exact) mass is 285 g/mol. The van der Waals surface area contributed by atoms with Crippen LogP contribution in [0.2, 0.25) is 0 Å². The molecule has 1 heterocycles. The molecule has 0 spiro atoms. The van der Waals surface area contributed by atoms with Crippen LogP contribution in [0.3, 0.4) is 0 Å². The summed E-state index contributed by atoms with van der Waals surface area (Å²) in [5, 5.41) is 0. The van der Waals surface area contributed by atoms with Gasteiger partial charge in [-0.1, -0.05) is 12.1 Å². The molecule has 1 aromatic carbocycles. The predicted octanol–water partition coefficient (Wildman–Crippen LogP) is 1.84. The number of anilines is 1. The van der Waals surface area contributed by atoms with Crippen LogP contribution in [0.4, 0.5) is 5.69 Å². The van der Waals surface area contributed by atoms with Crippen LogP contribution >= 0.6 is 0 Å². The Morgan fingerprint density at radius 3 is 2.43 bits per heavy atom. The number of nitrogen functional groups attached to an aromatic ring is 1. The Morgan fingerprint density at radius 2 is 1.81 bits per heavy atom. The highest BCUT2D eigenvalue weighted by Crippen LogP contribution is 2.29. The Labute approximate surface area is 126 Å². The summed E-state index contributed by atoms with van der Waals surface area (Å²) in [4.78, 5) is 16.6. The van der Waals surface area contributed by atoms with Crippen molar-refractivity contribution in [3.8, 4) is 0 Å². The highest BCUT2D eigenvalue weighted by Gasteiger charge is 2.27. The first-order valence-corrected chi connectivity index (χ1v) is 7.75. The van der Waals surface area contributed by atoms with Crippen LogP contribution in [0.5, 0.6) is 0 Å². The van der Waals surface area contributed by atoms with E-state index in [-0.39, 0.29) is 5.91 Å². The Kier molecular flexibility index (Phi) is 4.25. The molecule has 1 amide bonds. The second-order valence-electron chi connectivity index (χ2n) is 6.07. The van der Waals surface area contributed by atoms with Gasteiger partial charge in [0.1, 0.15) is 0 Å². The maximum Gasteiger partial charge on any atom is 0.246 e. The zero-order chi connectivity index (χ0) is 14.7. The van der Waals surface area contributed by atoms with Gasteiger partial charge in [0.2, 0.25) is 5.91 Å². The first-order valence-electron chi connectivity index (χ1n) is 7.75.